The smallest absolute Gasteiger partial charge is 0.149 e. The fourth-order valence-corrected chi connectivity index (χ4v) is 4.89. The summed E-state index contributed by atoms with van der Waals surface area (Å²) >= 11 is 1.41. The van der Waals surface area contributed by atoms with Crippen LogP contribution in [0.5, 0.6) is 0 Å². The number of fused-ring (bicyclic) bond motifs is 2. The zero-order chi connectivity index (χ0) is 19.1. The maximum absolute atomic E-state index is 14.8. The molecule has 0 aliphatic carbocycles. The van der Waals surface area contributed by atoms with Crippen molar-refractivity contribution in [2.75, 3.05) is 67.7 Å². The summed E-state index contributed by atoms with van der Waals surface area (Å²) in [6.45, 7) is 5.51. The Kier molecular flexibility index (Phi) is 6.06. The number of hydrogen-bond donors (Lipinski definition) is 1. The van der Waals surface area contributed by atoms with Gasteiger partial charge in [0, 0.05) is 47.3 Å². The van der Waals surface area contributed by atoms with Crippen molar-refractivity contribution in [2.24, 2.45) is 0 Å². The molecular weight excluding hydrogens is 420 g/mol. The molecule has 2 saturated heterocycles. The molecule has 3 aliphatic rings. The molecule has 0 saturated carbocycles. The van der Waals surface area contributed by atoms with Gasteiger partial charge in [-0.1, -0.05) is 11.8 Å². The fourth-order valence-electron chi connectivity index (χ4n) is 3.79. The predicted octanol–water partition coefficient (Wildman–Crippen LogP) is 4.27. The molecule has 5 nitrogen and oxygen atoms in total. The number of morpholine rings is 2. The highest BCUT2D eigenvalue weighted by Gasteiger charge is 2.26. The van der Waals surface area contributed by atoms with Gasteiger partial charge in [-0.3, -0.25) is 0 Å². The Balaban J connectivity index is 0.00000205. The first kappa shape index (κ1) is 20.5. The van der Waals surface area contributed by atoms with E-state index in [2.05, 4.69) is 15.1 Å². The van der Waals surface area contributed by atoms with Crippen LogP contribution in [0.15, 0.2) is 34.1 Å². The molecule has 0 unspecified atom stereocenters. The van der Waals surface area contributed by atoms with Gasteiger partial charge in [0.2, 0.25) is 0 Å². The molecule has 2 fully saturated rings. The molecule has 0 radical (unpaired) electrons. The van der Waals surface area contributed by atoms with Crippen LogP contribution in [-0.2, 0) is 9.47 Å². The van der Waals surface area contributed by atoms with Crippen molar-refractivity contribution in [3.8, 4) is 0 Å². The number of benzene rings is 2. The third-order valence-corrected chi connectivity index (χ3v) is 6.38. The van der Waals surface area contributed by atoms with Crippen LogP contribution < -0.4 is 15.1 Å². The number of hydrogen-bond acceptors (Lipinski definition) is 6. The number of ether oxygens (including phenoxy) is 2. The van der Waals surface area contributed by atoms with E-state index in [-0.39, 0.29) is 24.0 Å². The number of nitrogens with one attached hydrogen (secondary N) is 1. The molecule has 156 valence electrons. The molecule has 2 aromatic rings. The predicted molar refractivity (Wildman–Crippen MR) is 114 cm³/mol. The van der Waals surface area contributed by atoms with Crippen LogP contribution in [0.3, 0.4) is 0 Å². The lowest BCUT2D eigenvalue weighted by Gasteiger charge is -2.32. The van der Waals surface area contributed by atoms with Crippen LogP contribution in [0.1, 0.15) is 0 Å². The standard InChI is InChI=1S/C20H21F2N3O2S.ClH/c21-15-9-13(24-1-5-26-6-2-24)11-17-19(15)23-20-16(22)10-14(12-18(20)28-17)25-3-7-27-8-4-25;/h9-12,23H,1-8H2;1H. The molecule has 0 spiro atoms. The highest BCUT2D eigenvalue weighted by molar-refractivity contribution is 7.99. The Morgan fingerprint density at radius 3 is 1.55 bits per heavy atom. The summed E-state index contributed by atoms with van der Waals surface area (Å²) in [6.07, 6.45) is 0. The first-order valence-electron chi connectivity index (χ1n) is 9.46. The van der Waals surface area contributed by atoms with Gasteiger partial charge in [-0.05, 0) is 24.3 Å². The average molecular weight is 442 g/mol. The fraction of sp³-hybridized carbons (Fsp3) is 0.400. The van der Waals surface area contributed by atoms with Crippen molar-refractivity contribution in [1.82, 2.24) is 0 Å². The summed E-state index contributed by atoms with van der Waals surface area (Å²) in [5.41, 5.74) is 2.35. The molecule has 1 N–H and O–H groups in total. The Bertz CT molecular complexity index is 834. The second-order valence-electron chi connectivity index (χ2n) is 7.03. The first-order valence-corrected chi connectivity index (χ1v) is 10.3. The second-order valence-corrected chi connectivity index (χ2v) is 8.11. The zero-order valence-electron chi connectivity index (χ0n) is 15.7. The van der Waals surface area contributed by atoms with E-state index in [1.54, 1.807) is 0 Å². The largest absolute Gasteiger partial charge is 0.378 e. The summed E-state index contributed by atoms with van der Waals surface area (Å²) in [5.74, 6) is -0.734. The van der Waals surface area contributed by atoms with E-state index in [1.807, 2.05) is 12.1 Å². The first-order chi connectivity index (χ1) is 13.7. The molecule has 0 atom stereocenters. The minimum Gasteiger partial charge on any atom is -0.378 e. The maximum atomic E-state index is 14.8. The van der Waals surface area contributed by atoms with Gasteiger partial charge in [0.1, 0.15) is 11.6 Å². The average Bonchev–Trinajstić information content (AvgIpc) is 2.74. The van der Waals surface area contributed by atoms with Crippen molar-refractivity contribution in [1.29, 1.82) is 0 Å². The summed E-state index contributed by atoms with van der Waals surface area (Å²) in [4.78, 5) is 5.78. The molecule has 3 aliphatic heterocycles. The summed E-state index contributed by atoms with van der Waals surface area (Å²) in [5, 5.41) is 2.98. The highest BCUT2D eigenvalue weighted by atomic mass is 35.5. The van der Waals surface area contributed by atoms with E-state index >= 15 is 0 Å². The normalized spacial score (nSPS) is 18.4. The molecule has 5 rings (SSSR count). The van der Waals surface area contributed by atoms with Gasteiger partial charge in [-0.15, -0.1) is 12.4 Å². The minimum atomic E-state index is -0.367. The van der Waals surface area contributed by atoms with Crippen LogP contribution in [0.25, 0.3) is 0 Å². The highest BCUT2D eigenvalue weighted by Crippen LogP contribution is 2.48. The van der Waals surface area contributed by atoms with Crippen LogP contribution in [0.2, 0.25) is 0 Å². The van der Waals surface area contributed by atoms with E-state index in [9.17, 15) is 8.78 Å². The van der Waals surface area contributed by atoms with Crippen LogP contribution in [0, 0.1) is 11.6 Å². The second kappa shape index (κ2) is 8.55. The van der Waals surface area contributed by atoms with Crippen molar-refractivity contribution in [3.05, 3.63) is 35.9 Å². The van der Waals surface area contributed by atoms with Gasteiger partial charge in [0.05, 0.1) is 37.8 Å². The molecule has 3 heterocycles. The molecule has 9 heteroatoms. The van der Waals surface area contributed by atoms with Gasteiger partial charge in [-0.25, -0.2) is 8.78 Å². The van der Waals surface area contributed by atoms with Crippen LogP contribution in [0.4, 0.5) is 31.5 Å². The van der Waals surface area contributed by atoms with Gasteiger partial charge in [-0.2, -0.15) is 0 Å². The summed E-state index contributed by atoms with van der Waals surface area (Å²) in [7, 11) is 0. The van der Waals surface area contributed by atoms with E-state index in [4.69, 9.17) is 9.47 Å². The Morgan fingerprint density at radius 1 is 0.724 bits per heavy atom. The Morgan fingerprint density at radius 2 is 1.14 bits per heavy atom. The lowest BCUT2D eigenvalue weighted by Crippen LogP contribution is -2.36. The van der Waals surface area contributed by atoms with Crippen molar-refractivity contribution >= 4 is 46.9 Å². The van der Waals surface area contributed by atoms with E-state index < -0.39 is 0 Å². The van der Waals surface area contributed by atoms with E-state index in [1.165, 1.54) is 23.9 Å². The number of anilines is 4. The minimum absolute atomic E-state index is 0. The number of nitrogens with zero attached hydrogens (tertiary/aromatic N) is 2. The Hall–Kier alpha value is -1.74. The van der Waals surface area contributed by atoms with Crippen molar-refractivity contribution < 1.29 is 18.3 Å². The van der Waals surface area contributed by atoms with Crippen LogP contribution in [-0.4, -0.2) is 52.6 Å². The Labute approximate surface area is 178 Å². The molecule has 29 heavy (non-hydrogen) atoms. The van der Waals surface area contributed by atoms with Crippen LogP contribution >= 0.6 is 24.2 Å². The number of halogens is 3. The van der Waals surface area contributed by atoms with Gasteiger partial charge < -0.3 is 24.6 Å². The summed E-state index contributed by atoms with van der Waals surface area (Å²) in [6, 6.07) is 6.98. The van der Waals surface area contributed by atoms with Gasteiger partial charge in [0.15, 0.2) is 0 Å². The van der Waals surface area contributed by atoms with Gasteiger partial charge in [0.25, 0.3) is 0 Å². The maximum Gasteiger partial charge on any atom is 0.149 e. The lowest BCUT2D eigenvalue weighted by atomic mass is 10.2. The summed E-state index contributed by atoms with van der Waals surface area (Å²) < 4.78 is 40.4. The molecule has 0 bridgehead atoms. The SMILES string of the molecule is Cl.Fc1cc(N2CCOCC2)cc2c1Nc1c(F)cc(N3CCOCC3)cc1S2. The molecule has 2 aromatic carbocycles. The van der Waals surface area contributed by atoms with E-state index in [0.717, 1.165) is 47.3 Å². The lowest BCUT2D eigenvalue weighted by molar-refractivity contribution is 0.122. The van der Waals surface area contributed by atoms with Crippen molar-refractivity contribution in [2.45, 2.75) is 9.79 Å². The molecular formula is C20H22ClF2N3O2S. The third-order valence-electron chi connectivity index (χ3n) is 5.30. The zero-order valence-corrected chi connectivity index (χ0v) is 17.4. The molecule has 0 amide bonds. The quantitative estimate of drug-likeness (QED) is 0.640. The molecule has 0 aromatic heterocycles. The monoisotopic (exact) mass is 441 g/mol. The topological polar surface area (TPSA) is 37.0 Å². The van der Waals surface area contributed by atoms with Gasteiger partial charge >= 0.3 is 0 Å². The van der Waals surface area contributed by atoms with E-state index in [0.29, 0.717) is 37.8 Å². The third kappa shape index (κ3) is 3.99. The van der Waals surface area contributed by atoms with Crippen molar-refractivity contribution in [3.63, 3.8) is 0 Å². The number of rotatable bonds is 2.